The van der Waals surface area contributed by atoms with Crippen molar-refractivity contribution in [1.29, 1.82) is 0 Å². The van der Waals surface area contributed by atoms with Crippen LogP contribution < -0.4 is 16.4 Å². The van der Waals surface area contributed by atoms with Gasteiger partial charge in [0.15, 0.2) is 10.9 Å². The Morgan fingerprint density at radius 2 is 1.89 bits per heavy atom. The molecular formula is C27H35N5O4S. The van der Waals surface area contributed by atoms with E-state index in [4.69, 9.17) is 5.73 Å². The maximum absolute atomic E-state index is 13.0. The summed E-state index contributed by atoms with van der Waals surface area (Å²) in [5, 5.41) is 18.7. The van der Waals surface area contributed by atoms with E-state index in [1.165, 1.54) is 11.3 Å². The number of aromatic amines is 1. The van der Waals surface area contributed by atoms with Crippen LogP contribution in [0.4, 0.5) is 5.13 Å². The number of thiazole rings is 1. The minimum absolute atomic E-state index is 0.0188. The summed E-state index contributed by atoms with van der Waals surface area (Å²) >= 11 is 1.21. The predicted octanol–water partition coefficient (Wildman–Crippen LogP) is 4.60. The summed E-state index contributed by atoms with van der Waals surface area (Å²) in [6, 6.07) is 5.01. The van der Waals surface area contributed by atoms with Crippen molar-refractivity contribution in [3.8, 4) is 0 Å². The van der Waals surface area contributed by atoms with Gasteiger partial charge in [-0.2, -0.15) is 0 Å². The Morgan fingerprint density at radius 1 is 1.19 bits per heavy atom. The van der Waals surface area contributed by atoms with Gasteiger partial charge in [-0.25, -0.2) is 9.78 Å². The summed E-state index contributed by atoms with van der Waals surface area (Å²) < 4.78 is 0. The molecule has 6 N–H and O–H groups in total. The highest BCUT2D eigenvalue weighted by atomic mass is 32.1. The number of Topliss-reactive ketones (excluding diaryl/α,β-unsaturated/α-hetero) is 1. The average Bonchev–Trinajstić information content (AvgIpc) is 3.39. The van der Waals surface area contributed by atoms with Crippen LogP contribution in [0.2, 0.25) is 0 Å². The zero-order valence-electron chi connectivity index (χ0n) is 21.7. The maximum Gasteiger partial charge on any atom is 0.352 e. The largest absolute Gasteiger partial charge is 0.477 e. The van der Waals surface area contributed by atoms with Crippen LogP contribution in [0.3, 0.4) is 0 Å². The van der Waals surface area contributed by atoms with Gasteiger partial charge >= 0.3 is 5.97 Å². The van der Waals surface area contributed by atoms with Gasteiger partial charge < -0.3 is 21.1 Å². The Labute approximate surface area is 220 Å². The van der Waals surface area contributed by atoms with E-state index < -0.39 is 5.97 Å². The number of carboxylic acid groups (broad SMARTS) is 1. The van der Waals surface area contributed by atoms with E-state index in [0.29, 0.717) is 58.7 Å². The van der Waals surface area contributed by atoms with E-state index in [1.807, 2.05) is 0 Å². The molecule has 9 nitrogen and oxygen atoms in total. The van der Waals surface area contributed by atoms with Crippen LogP contribution in [0.15, 0.2) is 23.6 Å². The molecule has 0 unspecified atom stereocenters. The van der Waals surface area contributed by atoms with E-state index >= 15 is 0 Å². The number of carbonyl (C=O) groups excluding carboxylic acids is 2. The quantitative estimate of drug-likeness (QED) is 0.256. The number of hydrogen-bond acceptors (Lipinski definition) is 7. The molecule has 1 amide bonds. The lowest BCUT2D eigenvalue weighted by molar-refractivity contribution is 0.0689. The van der Waals surface area contributed by atoms with E-state index in [9.17, 15) is 19.5 Å². The van der Waals surface area contributed by atoms with Crippen LogP contribution in [0.5, 0.6) is 0 Å². The molecule has 0 atom stereocenters. The fourth-order valence-corrected chi connectivity index (χ4v) is 6.49. The number of H-pyrrole nitrogens is 1. The molecule has 3 heterocycles. The van der Waals surface area contributed by atoms with Crippen molar-refractivity contribution in [3.63, 3.8) is 0 Å². The Bertz CT molecular complexity index is 1320. The van der Waals surface area contributed by atoms with E-state index in [0.717, 1.165) is 12.8 Å². The lowest BCUT2D eigenvalue weighted by Gasteiger charge is -2.46. The zero-order valence-corrected chi connectivity index (χ0v) is 22.6. The van der Waals surface area contributed by atoms with Gasteiger partial charge in [-0.3, -0.25) is 14.9 Å². The molecule has 37 heavy (non-hydrogen) atoms. The summed E-state index contributed by atoms with van der Waals surface area (Å²) in [6.07, 6.45) is 3.37. The number of hydrogen-bond donors (Lipinski definition) is 5. The highest BCUT2D eigenvalue weighted by Crippen LogP contribution is 2.35. The van der Waals surface area contributed by atoms with Crippen molar-refractivity contribution < 1.29 is 19.5 Å². The molecule has 1 aromatic carbocycles. The molecule has 0 saturated carbocycles. The molecule has 198 valence electrons. The van der Waals surface area contributed by atoms with Crippen molar-refractivity contribution in [2.45, 2.75) is 70.9 Å². The molecule has 10 heteroatoms. The third kappa shape index (κ3) is 6.26. The molecule has 3 aromatic rings. The summed E-state index contributed by atoms with van der Waals surface area (Å²) in [4.78, 5) is 45.0. The summed E-state index contributed by atoms with van der Waals surface area (Å²) in [7, 11) is 0. The maximum atomic E-state index is 13.0. The molecule has 1 saturated heterocycles. The molecule has 0 aliphatic carbocycles. The van der Waals surface area contributed by atoms with Crippen LogP contribution in [-0.4, -0.2) is 50.4 Å². The number of benzene rings is 1. The standard InChI is InChI=1S/C27H35N5O4S/c1-26(2)12-15(13-27(3,4)32-26)10-21(33)20-14-37-25(30-20)31-23(34)16-7-8-19-18(11-16)17(6-5-9-28)22(29-19)24(35)36/h7-8,11,14-15,29,32H,5-6,9-10,12-13,28H2,1-4H3,(H,35,36)(H,30,31,34). The lowest BCUT2D eigenvalue weighted by atomic mass is 9.74. The number of ketones is 1. The number of carboxylic acids is 1. The molecule has 2 aromatic heterocycles. The fraction of sp³-hybridized carbons (Fsp3) is 0.481. The second-order valence-corrected chi connectivity index (χ2v) is 12.1. The van der Waals surface area contributed by atoms with Gasteiger partial charge in [0.25, 0.3) is 5.91 Å². The molecule has 0 bridgehead atoms. The Balaban J connectivity index is 1.47. The second-order valence-electron chi connectivity index (χ2n) is 11.2. The predicted molar refractivity (Wildman–Crippen MR) is 146 cm³/mol. The van der Waals surface area contributed by atoms with Gasteiger partial charge in [0.05, 0.1) is 0 Å². The highest BCUT2D eigenvalue weighted by Gasteiger charge is 2.38. The smallest absolute Gasteiger partial charge is 0.352 e. The summed E-state index contributed by atoms with van der Waals surface area (Å²) in [5.41, 5.74) is 7.68. The first-order valence-electron chi connectivity index (χ1n) is 12.5. The van der Waals surface area contributed by atoms with Crippen LogP contribution in [0.1, 0.15) is 90.3 Å². The first-order valence-corrected chi connectivity index (χ1v) is 13.4. The highest BCUT2D eigenvalue weighted by molar-refractivity contribution is 7.14. The Morgan fingerprint density at radius 3 is 2.54 bits per heavy atom. The number of aromatic nitrogens is 2. The number of nitrogens with two attached hydrogens (primary N) is 1. The van der Waals surface area contributed by atoms with Gasteiger partial charge in [0.2, 0.25) is 0 Å². The normalized spacial score (nSPS) is 17.1. The van der Waals surface area contributed by atoms with Crippen molar-refractivity contribution in [3.05, 3.63) is 46.1 Å². The van der Waals surface area contributed by atoms with Crippen LogP contribution in [0, 0.1) is 5.92 Å². The topological polar surface area (TPSA) is 150 Å². The van der Waals surface area contributed by atoms with E-state index in [-0.39, 0.29) is 34.4 Å². The van der Waals surface area contributed by atoms with Crippen molar-refractivity contribution in [2.75, 3.05) is 11.9 Å². The lowest BCUT2D eigenvalue weighted by Crippen LogP contribution is -2.57. The van der Waals surface area contributed by atoms with E-state index in [2.05, 4.69) is 48.3 Å². The minimum atomic E-state index is -1.05. The monoisotopic (exact) mass is 525 g/mol. The SMILES string of the molecule is CC1(C)CC(CC(=O)c2csc(NC(=O)c3ccc4[nH]c(C(=O)O)c(CCCN)c4c3)n2)CC(C)(C)N1. The molecule has 1 aliphatic rings. The minimum Gasteiger partial charge on any atom is -0.477 e. The first-order chi connectivity index (χ1) is 17.4. The van der Waals surface area contributed by atoms with Gasteiger partial charge in [-0.15, -0.1) is 11.3 Å². The van der Waals surface area contributed by atoms with Crippen LogP contribution in [0.25, 0.3) is 10.9 Å². The zero-order chi connectivity index (χ0) is 27.0. The van der Waals surface area contributed by atoms with Crippen molar-refractivity contribution in [2.24, 2.45) is 11.7 Å². The Hall–Kier alpha value is -3.08. The summed E-state index contributed by atoms with van der Waals surface area (Å²) in [5.74, 6) is -1.18. The third-order valence-electron chi connectivity index (χ3n) is 6.77. The number of rotatable bonds is 9. The molecule has 0 radical (unpaired) electrons. The van der Waals surface area contributed by atoms with Crippen LogP contribution in [-0.2, 0) is 6.42 Å². The molecule has 1 aliphatic heterocycles. The van der Waals surface area contributed by atoms with Gasteiger partial charge in [0, 0.05) is 39.3 Å². The number of nitrogens with one attached hydrogen (secondary N) is 3. The van der Waals surface area contributed by atoms with Gasteiger partial charge in [-0.05, 0) is 89.6 Å². The molecule has 1 fully saturated rings. The Kier molecular flexibility index (Phi) is 7.55. The summed E-state index contributed by atoms with van der Waals surface area (Å²) in [6.45, 7) is 9.09. The van der Waals surface area contributed by atoms with Crippen molar-refractivity contribution in [1.82, 2.24) is 15.3 Å². The second kappa shape index (κ2) is 10.4. The molecule has 0 spiro atoms. The number of anilines is 1. The van der Waals surface area contributed by atoms with E-state index in [1.54, 1.807) is 23.6 Å². The number of amides is 1. The number of aromatic carboxylic acids is 1. The van der Waals surface area contributed by atoms with Gasteiger partial charge in [0.1, 0.15) is 11.4 Å². The number of aryl methyl sites for hydroxylation is 1. The fourth-order valence-electron chi connectivity index (χ4n) is 5.78. The molecule has 4 rings (SSSR count). The number of fused-ring (bicyclic) bond motifs is 1. The van der Waals surface area contributed by atoms with Crippen LogP contribution >= 0.6 is 11.3 Å². The average molecular weight is 526 g/mol. The number of nitrogens with zero attached hydrogens (tertiary/aromatic N) is 1. The first kappa shape index (κ1) is 27.0. The molecular weight excluding hydrogens is 490 g/mol. The number of piperidine rings is 1. The third-order valence-corrected chi connectivity index (χ3v) is 7.53. The van der Waals surface area contributed by atoms with Crippen molar-refractivity contribution >= 4 is 45.0 Å². The van der Waals surface area contributed by atoms with Gasteiger partial charge in [-0.1, -0.05) is 0 Å². The number of carbonyl (C=O) groups is 3.